The van der Waals surface area contributed by atoms with Gasteiger partial charge >= 0.3 is 0 Å². The molecule has 2 fully saturated rings. The molecule has 134 valence electrons. The van der Waals surface area contributed by atoms with E-state index in [-0.39, 0.29) is 0 Å². The number of anilines is 1. The number of likely N-dealkylation sites (tertiary alicyclic amines) is 1. The van der Waals surface area contributed by atoms with Crippen LogP contribution in [0.2, 0.25) is 0 Å². The molecule has 0 unspecified atom stereocenters. The lowest BCUT2D eigenvalue weighted by Crippen LogP contribution is -2.52. The van der Waals surface area contributed by atoms with Gasteiger partial charge in [-0.3, -0.25) is 4.90 Å². The zero-order chi connectivity index (χ0) is 17.1. The van der Waals surface area contributed by atoms with Gasteiger partial charge in [0.1, 0.15) is 11.6 Å². The topological polar surface area (TPSA) is 44.7 Å². The third kappa shape index (κ3) is 3.81. The Morgan fingerprint density at radius 3 is 2.46 bits per heavy atom. The molecule has 0 radical (unpaired) electrons. The van der Waals surface area contributed by atoms with E-state index in [2.05, 4.69) is 38.6 Å². The van der Waals surface area contributed by atoms with Crippen molar-refractivity contribution < 1.29 is 4.74 Å². The minimum Gasteiger partial charge on any atom is -0.481 e. The van der Waals surface area contributed by atoms with Crippen LogP contribution >= 0.6 is 0 Å². The van der Waals surface area contributed by atoms with Gasteiger partial charge in [0.05, 0.1) is 12.7 Å². The maximum atomic E-state index is 5.40. The maximum Gasteiger partial charge on any atom is 0.221 e. The predicted octanol–water partition coefficient (Wildman–Crippen LogP) is 1.71. The summed E-state index contributed by atoms with van der Waals surface area (Å²) in [4.78, 5) is 16.6. The van der Waals surface area contributed by atoms with Crippen LogP contribution in [0.3, 0.4) is 0 Å². The minimum atomic E-state index is 0.698. The summed E-state index contributed by atoms with van der Waals surface area (Å²) in [7, 11) is 3.95. The lowest BCUT2D eigenvalue weighted by Gasteiger charge is -2.40. The van der Waals surface area contributed by atoms with Crippen LogP contribution in [-0.4, -0.2) is 79.2 Å². The molecule has 2 saturated heterocycles. The summed E-state index contributed by atoms with van der Waals surface area (Å²) < 4.78 is 5.40. The van der Waals surface area contributed by atoms with Crippen molar-refractivity contribution in [2.24, 2.45) is 0 Å². The van der Waals surface area contributed by atoms with Crippen LogP contribution < -0.4 is 9.64 Å². The molecule has 0 bridgehead atoms. The molecule has 3 heterocycles. The van der Waals surface area contributed by atoms with Gasteiger partial charge in [0, 0.05) is 38.8 Å². The van der Waals surface area contributed by atoms with Crippen LogP contribution in [0.1, 0.15) is 30.7 Å². The molecular formula is C18H31N5O. The van der Waals surface area contributed by atoms with Gasteiger partial charge in [-0.05, 0) is 40.3 Å². The normalized spacial score (nSPS) is 23.5. The van der Waals surface area contributed by atoms with Gasteiger partial charge in [0.2, 0.25) is 5.88 Å². The summed E-state index contributed by atoms with van der Waals surface area (Å²) in [6.07, 6.45) is 4.08. The summed E-state index contributed by atoms with van der Waals surface area (Å²) in [5.41, 5.74) is 1.04. The molecule has 0 amide bonds. The Hall–Kier alpha value is -1.40. The van der Waals surface area contributed by atoms with Crippen molar-refractivity contribution in [3.05, 3.63) is 11.4 Å². The second kappa shape index (κ2) is 7.66. The van der Waals surface area contributed by atoms with Crippen LogP contribution in [0.4, 0.5) is 5.82 Å². The Labute approximate surface area is 145 Å². The first kappa shape index (κ1) is 17.4. The second-order valence-corrected chi connectivity index (χ2v) is 7.15. The molecule has 3 rings (SSSR count). The lowest BCUT2D eigenvalue weighted by molar-refractivity contribution is 0.124. The number of hydrogen-bond donors (Lipinski definition) is 0. The van der Waals surface area contributed by atoms with Crippen molar-refractivity contribution in [3.63, 3.8) is 0 Å². The van der Waals surface area contributed by atoms with Crippen molar-refractivity contribution >= 4 is 5.82 Å². The molecule has 1 atom stereocenters. The van der Waals surface area contributed by atoms with E-state index in [1.54, 1.807) is 7.11 Å². The first-order chi connectivity index (χ1) is 11.6. The van der Waals surface area contributed by atoms with E-state index < -0.39 is 0 Å². The number of likely N-dealkylation sites (N-methyl/N-ethyl adjacent to an activating group) is 1. The van der Waals surface area contributed by atoms with Crippen molar-refractivity contribution in [1.82, 2.24) is 19.8 Å². The predicted molar refractivity (Wildman–Crippen MR) is 97.0 cm³/mol. The van der Waals surface area contributed by atoms with Crippen molar-refractivity contribution in [3.8, 4) is 5.88 Å². The Morgan fingerprint density at radius 2 is 1.79 bits per heavy atom. The number of rotatable bonds is 4. The highest BCUT2D eigenvalue weighted by Crippen LogP contribution is 2.26. The van der Waals surface area contributed by atoms with Crippen molar-refractivity contribution in [2.45, 2.75) is 39.2 Å². The van der Waals surface area contributed by atoms with E-state index in [9.17, 15) is 0 Å². The highest BCUT2D eigenvalue weighted by Gasteiger charge is 2.26. The largest absolute Gasteiger partial charge is 0.481 e. The van der Waals surface area contributed by atoms with Crippen LogP contribution in [0.15, 0.2) is 0 Å². The summed E-state index contributed by atoms with van der Waals surface area (Å²) in [6, 6.07) is 0.730. The minimum absolute atomic E-state index is 0.698. The highest BCUT2D eigenvalue weighted by atomic mass is 16.5. The maximum absolute atomic E-state index is 5.40. The molecule has 1 aromatic heterocycles. The Bertz CT molecular complexity index is 557. The van der Waals surface area contributed by atoms with Crippen LogP contribution in [0.5, 0.6) is 5.88 Å². The number of nitrogens with zero attached hydrogens (tertiary/aromatic N) is 5. The van der Waals surface area contributed by atoms with Gasteiger partial charge in [-0.15, -0.1) is 0 Å². The van der Waals surface area contributed by atoms with Crippen LogP contribution in [-0.2, 0) is 0 Å². The molecule has 1 aromatic rings. The van der Waals surface area contributed by atoms with Gasteiger partial charge in [0.25, 0.3) is 0 Å². The van der Waals surface area contributed by atoms with Gasteiger partial charge in [-0.25, -0.2) is 4.98 Å². The second-order valence-electron chi connectivity index (χ2n) is 7.15. The fraction of sp³-hybridized carbons (Fsp3) is 0.778. The molecule has 2 aliphatic rings. The van der Waals surface area contributed by atoms with E-state index >= 15 is 0 Å². The molecule has 6 heteroatoms. The Balaban J connectivity index is 1.60. The number of aryl methyl sites for hydroxylation is 1. The van der Waals surface area contributed by atoms with Crippen LogP contribution in [0.25, 0.3) is 0 Å². The smallest absolute Gasteiger partial charge is 0.221 e. The van der Waals surface area contributed by atoms with Crippen LogP contribution in [0, 0.1) is 13.8 Å². The standard InChI is InChI=1S/C18H31N5O/c1-14-17(19-15(2)20-18(14)24-4)23-11-9-22(10-12-23)13-16-7-5-6-8-21(16)3/h16H,5-13H2,1-4H3/t16-/m1/s1. The molecule has 2 aliphatic heterocycles. The average molecular weight is 333 g/mol. The van der Waals surface area contributed by atoms with E-state index in [1.807, 2.05) is 6.92 Å². The number of methoxy groups -OCH3 is 1. The number of hydrogen-bond acceptors (Lipinski definition) is 6. The quantitative estimate of drug-likeness (QED) is 0.836. The zero-order valence-corrected chi connectivity index (χ0v) is 15.6. The van der Waals surface area contributed by atoms with Gasteiger partial charge in [0.15, 0.2) is 0 Å². The number of piperazine rings is 1. The van der Waals surface area contributed by atoms with Gasteiger partial charge < -0.3 is 14.5 Å². The van der Waals surface area contributed by atoms with Gasteiger partial charge in [-0.2, -0.15) is 4.98 Å². The fourth-order valence-corrected chi connectivity index (χ4v) is 3.91. The van der Waals surface area contributed by atoms with E-state index in [0.29, 0.717) is 5.88 Å². The number of piperidine rings is 1. The summed E-state index contributed by atoms with van der Waals surface area (Å²) in [5, 5.41) is 0. The molecular weight excluding hydrogens is 302 g/mol. The van der Waals surface area contributed by atoms with E-state index in [4.69, 9.17) is 4.74 Å². The third-order valence-corrected chi connectivity index (χ3v) is 5.44. The number of ether oxygens (including phenoxy) is 1. The molecule has 0 saturated carbocycles. The first-order valence-electron chi connectivity index (χ1n) is 9.15. The van der Waals surface area contributed by atoms with E-state index in [0.717, 1.165) is 49.4 Å². The monoisotopic (exact) mass is 333 g/mol. The van der Waals surface area contributed by atoms with E-state index in [1.165, 1.54) is 32.4 Å². The van der Waals surface area contributed by atoms with Crippen molar-refractivity contribution in [2.75, 3.05) is 58.3 Å². The molecule has 0 N–H and O–H groups in total. The SMILES string of the molecule is COc1nc(C)nc(N2CCN(C[C@H]3CCCCN3C)CC2)c1C. The molecule has 0 aromatic carbocycles. The Kier molecular flexibility index (Phi) is 5.56. The fourth-order valence-electron chi connectivity index (χ4n) is 3.91. The van der Waals surface area contributed by atoms with Gasteiger partial charge in [-0.1, -0.05) is 6.42 Å². The Morgan fingerprint density at radius 1 is 1.04 bits per heavy atom. The zero-order valence-electron chi connectivity index (χ0n) is 15.6. The summed E-state index contributed by atoms with van der Waals surface area (Å²) in [6.45, 7) is 10.7. The molecule has 0 aliphatic carbocycles. The van der Waals surface area contributed by atoms with Crippen molar-refractivity contribution in [1.29, 1.82) is 0 Å². The average Bonchev–Trinajstić information content (AvgIpc) is 2.59. The lowest BCUT2D eigenvalue weighted by atomic mass is 10.0. The summed E-state index contributed by atoms with van der Waals surface area (Å²) >= 11 is 0. The summed E-state index contributed by atoms with van der Waals surface area (Å²) in [5.74, 6) is 2.51. The highest BCUT2D eigenvalue weighted by molar-refractivity contribution is 5.51. The molecule has 0 spiro atoms. The molecule has 6 nitrogen and oxygen atoms in total. The number of aromatic nitrogens is 2. The molecule has 24 heavy (non-hydrogen) atoms. The third-order valence-electron chi connectivity index (χ3n) is 5.44. The first-order valence-corrected chi connectivity index (χ1v) is 9.15.